The van der Waals surface area contributed by atoms with Crippen LogP contribution in [0.3, 0.4) is 0 Å². The van der Waals surface area contributed by atoms with Crippen LogP contribution >= 0.6 is 0 Å². The molecule has 1 amide bonds. The summed E-state index contributed by atoms with van der Waals surface area (Å²) < 4.78 is 0. The Hall–Kier alpha value is -3.07. The molecular weight excluding hydrogens is 292 g/mol. The number of aliphatic hydroxyl groups is 1. The second-order valence-corrected chi connectivity index (χ2v) is 4.38. The number of nitro groups is 1. The number of amides is 1. The van der Waals surface area contributed by atoms with Crippen molar-refractivity contribution in [2.75, 3.05) is 6.54 Å². The highest BCUT2D eigenvalue weighted by atomic mass is 16.6. The molecule has 0 aliphatic carbocycles. The first-order chi connectivity index (χ1) is 10.5. The van der Waals surface area contributed by atoms with Crippen molar-refractivity contribution in [2.45, 2.75) is 6.10 Å². The van der Waals surface area contributed by atoms with Gasteiger partial charge in [-0.25, -0.2) is 5.10 Å². The van der Waals surface area contributed by atoms with Gasteiger partial charge in [-0.1, -0.05) is 0 Å². The van der Waals surface area contributed by atoms with E-state index in [1.165, 1.54) is 30.3 Å². The van der Waals surface area contributed by atoms with E-state index >= 15 is 0 Å². The SMILES string of the molecule is O=C(NC[C@@H](O)c1ccc([N+](=O)[O-])cc1)c1ccc(=O)[nH]n1. The Morgan fingerprint density at radius 3 is 2.55 bits per heavy atom. The molecule has 0 aliphatic heterocycles. The number of aromatic nitrogens is 2. The molecular formula is C13H12N4O5. The average Bonchev–Trinajstić information content (AvgIpc) is 2.53. The van der Waals surface area contributed by atoms with Crippen molar-refractivity contribution in [3.8, 4) is 0 Å². The lowest BCUT2D eigenvalue weighted by Gasteiger charge is -2.11. The van der Waals surface area contributed by atoms with Crippen LogP contribution in [0, 0.1) is 10.1 Å². The average molecular weight is 304 g/mol. The van der Waals surface area contributed by atoms with E-state index in [0.29, 0.717) is 5.56 Å². The number of rotatable bonds is 5. The van der Waals surface area contributed by atoms with Crippen molar-refractivity contribution in [3.63, 3.8) is 0 Å². The summed E-state index contributed by atoms with van der Waals surface area (Å²) in [6.45, 7) is -0.0998. The lowest BCUT2D eigenvalue weighted by atomic mass is 10.1. The number of carbonyl (C=O) groups is 1. The second kappa shape index (κ2) is 6.59. The van der Waals surface area contributed by atoms with E-state index in [9.17, 15) is 24.8 Å². The Morgan fingerprint density at radius 1 is 1.32 bits per heavy atom. The molecule has 3 N–H and O–H groups in total. The van der Waals surface area contributed by atoms with Gasteiger partial charge in [0.05, 0.1) is 11.0 Å². The van der Waals surface area contributed by atoms with Crippen molar-refractivity contribution in [3.05, 3.63) is 68.1 Å². The van der Waals surface area contributed by atoms with Crippen LogP contribution < -0.4 is 10.9 Å². The maximum absolute atomic E-state index is 11.7. The number of hydrogen-bond donors (Lipinski definition) is 3. The van der Waals surface area contributed by atoms with E-state index in [2.05, 4.69) is 15.5 Å². The van der Waals surface area contributed by atoms with Gasteiger partial charge in [-0.2, -0.15) is 5.10 Å². The quantitative estimate of drug-likeness (QED) is 0.530. The third-order valence-electron chi connectivity index (χ3n) is 2.86. The van der Waals surface area contributed by atoms with Crippen molar-refractivity contribution >= 4 is 11.6 Å². The van der Waals surface area contributed by atoms with Crippen LogP contribution in [-0.2, 0) is 0 Å². The summed E-state index contributed by atoms with van der Waals surface area (Å²) in [4.78, 5) is 32.6. The number of nitrogens with zero attached hydrogens (tertiary/aromatic N) is 2. The van der Waals surface area contributed by atoms with Crippen LogP contribution in [0.4, 0.5) is 5.69 Å². The standard InChI is InChI=1S/C13H12N4O5/c18-11(8-1-3-9(4-2-8)17(21)22)7-14-13(20)10-5-6-12(19)16-15-10/h1-6,11,18H,7H2,(H,14,20)(H,16,19)/t11-/m1/s1. The molecule has 0 saturated carbocycles. The summed E-state index contributed by atoms with van der Waals surface area (Å²) in [5, 5.41) is 28.6. The van der Waals surface area contributed by atoms with Gasteiger partial charge in [0.1, 0.15) is 5.69 Å². The van der Waals surface area contributed by atoms with Crippen molar-refractivity contribution < 1.29 is 14.8 Å². The fourth-order valence-corrected chi connectivity index (χ4v) is 1.69. The highest BCUT2D eigenvalue weighted by Gasteiger charge is 2.13. The van der Waals surface area contributed by atoms with Crippen molar-refractivity contribution in [2.24, 2.45) is 0 Å². The number of aliphatic hydroxyl groups excluding tert-OH is 1. The number of aromatic amines is 1. The van der Waals surface area contributed by atoms with E-state index in [1.807, 2.05) is 0 Å². The first kappa shape index (κ1) is 15.3. The zero-order valence-electron chi connectivity index (χ0n) is 11.2. The van der Waals surface area contributed by atoms with E-state index < -0.39 is 22.5 Å². The van der Waals surface area contributed by atoms with E-state index in [4.69, 9.17) is 0 Å². The van der Waals surface area contributed by atoms with Crippen molar-refractivity contribution in [1.82, 2.24) is 15.5 Å². The van der Waals surface area contributed by atoms with Crippen molar-refractivity contribution in [1.29, 1.82) is 0 Å². The maximum Gasteiger partial charge on any atom is 0.271 e. The number of nitrogens with one attached hydrogen (secondary N) is 2. The van der Waals surface area contributed by atoms with Gasteiger partial charge < -0.3 is 10.4 Å². The van der Waals surface area contributed by atoms with Gasteiger partial charge >= 0.3 is 0 Å². The van der Waals surface area contributed by atoms with Crippen LogP contribution in [-0.4, -0.2) is 32.7 Å². The molecule has 1 heterocycles. The summed E-state index contributed by atoms with van der Waals surface area (Å²) in [5.74, 6) is -0.558. The first-order valence-electron chi connectivity index (χ1n) is 6.23. The molecule has 114 valence electrons. The van der Waals surface area contributed by atoms with Gasteiger partial charge in [-0.3, -0.25) is 19.7 Å². The molecule has 9 nitrogen and oxygen atoms in total. The monoisotopic (exact) mass is 304 g/mol. The molecule has 2 aromatic rings. The molecule has 9 heteroatoms. The molecule has 1 aromatic heterocycles. The molecule has 0 unspecified atom stereocenters. The summed E-state index contributed by atoms with van der Waals surface area (Å²) in [6, 6.07) is 7.77. The molecule has 0 bridgehead atoms. The Bertz CT molecular complexity index is 720. The molecule has 1 atom stereocenters. The molecule has 2 rings (SSSR count). The van der Waals surface area contributed by atoms with Gasteiger partial charge in [-0.05, 0) is 23.8 Å². The smallest absolute Gasteiger partial charge is 0.271 e. The van der Waals surface area contributed by atoms with E-state index in [1.54, 1.807) is 0 Å². The molecule has 1 aromatic carbocycles. The lowest BCUT2D eigenvalue weighted by molar-refractivity contribution is -0.384. The van der Waals surface area contributed by atoms with Gasteiger partial charge in [0.2, 0.25) is 0 Å². The lowest BCUT2D eigenvalue weighted by Crippen LogP contribution is -2.29. The van der Waals surface area contributed by atoms with E-state index in [0.717, 1.165) is 6.07 Å². The van der Waals surface area contributed by atoms with E-state index in [-0.39, 0.29) is 17.9 Å². The molecule has 22 heavy (non-hydrogen) atoms. The highest BCUT2D eigenvalue weighted by Crippen LogP contribution is 2.17. The maximum atomic E-state index is 11.7. The molecule has 0 radical (unpaired) electrons. The zero-order valence-corrected chi connectivity index (χ0v) is 11.2. The van der Waals surface area contributed by atoms with Gasteiger partial charge in [0, 0.05) is 24.7 Å². The van der Waals surface area contributed by atoms with Crippen LogP contribution in [0.2, 0.25) is 0 Å². The summed E-state index contributed by atoms with van der Waals surface area (Å²) in [6.07, 6.45) is -1.02. The summed E-state index contributed by atoms with van der Waals surface area (Å²) in [5.41, 5.74) is -0.0734. The van der Waals surface area contributed by atoms with Gasteiger partial charge in [-0.15, -0.1) is 0 Å². The number of non-ortho nitro benzene ring substituents is 1. The molecule has 0 aliphatic rings. The minimum Gasteiger partial charge on any atom is -0.387 e. The Balaban J connectivity index is 1.95. The minimum absolute atomic E-state index is 0.00972. The number of benzene rings is 1. The zero-order chi connectivity index (χ0) is 16.1. The van der Waals surface area contributed by atoms with Crippen LogP contribution in [0.1, 0.15) is 22.2 Å². The number of carbonyl (C=O) groups excluding carboxylic acids is 1. The van der Waals surface area contributed by atoms with Crippen LogP contribution in [0.15, 0.2) is 41.2 Å². The fourth-order valence-electron chi connectivity index (χ4n) is 1.69. The van der Waals surface area contributed by atoms with Gasteiger partial charge in [0.25, 0.3) is 17.2 Å². The summed E-state index contributed by atoms with van der Waals surface area (Å²) in [7, 11) is 0. The highest BCUT2D eigenvalue weighted by molar-refractivity contribution is 5.91. The molecule has 0 saturated heterocycles. The number of nitro benzene ring substituents is 1. The topological polar surface area (TPSA) is 138 Å². The van der Waals surface area contributed by atoms with Crippen LogP contribution in [0.25, 0.3) is 0 Å². The van der Waals surface area contributed by atoms with Gasteiger partial charge in [0.15, 0.2) is 0 Å². The Kier molecular flexibility index (Phi) is 4.59. The first-order valence-corrected chi connectivity index (χ1v) is 6.23. The third-order valence-corrected chi connectivity index (χ3v) is 2.86. The molecule has 0 spiro atoms. The predicted molar refractivity (Wildman–Crippen MR) is 75.2 cm³/mol. The predicted octanol–water partition coefficient (Wildman–Crippen LogP) is 0.142. The largest absolute Gasteiger partial charge is 0.387 e. The molecule has 0 fully saturated rings. The second-order valence-electron chi connectivity index (χ2n) is 4.38. The fraction of sp³-hybridized carbons (Fsp3) is 0.154. The number of hydrogen-bond acceptors (Lipinski definition) is 6. The number of H-pyrrole nitrogens is 1. The summed E-state index contributed by atoms with van der Waals surface area (Å²) >= 11 is 0. The van der Waals surface area contributed by atoms with Crippen LogP contribution in [0.5, 0.6) is 0 Å². The normalized spacial score (nSPS) is 11.7. The minimum atomic E-state index is -1.02. The Morgan fingerprint density at radius 2 is 2.00 bits per heavy atom. The Labute approximate surface area is 123 Å². The third kappa shape index (κ3) is 3.73.